The Kier molecular flexibility index (Phi) is 3.14. The van der Waals surface area contributed by atoms with Gasteiger partial charge in [-0.05, 0) is 37.8 Å². The van der Waals surface area contributed by atoms with Crippen molar-refractivity contribution >= 4 is 0 Å². The fraction of sp³-hybridized carbons (Fsp3) is 0.500. The largest absolute Gasteiger partial charge is 0.493 e. The van der Waals surface area contributed by atoms with Crippen LogP contribution in [0.25, 0.3) is 0 Å². The molecule has 0 N–H and O–H groups in total. The second-order valence-electron chi connectivity index (χ2n) is 4.55. The molecule has 1 unspecified atom stereocenters. The van der Waals surface area contributed by atoms with Crippen molar-refractivity contribution in [3.8, 4) is 11.8 Å². The summed E-state index contributed by atoms with van der Waals surface area (Å²) in [5.74, 6) is 1.37. The molecule has 2 heteroatoms. The summed E-state index contributed by atoms with van der Waals surface area (Å²) in [6.07, 6.45) is 2.70. The molecule has 1 aliphatic heterocycles. The van der Waals surface area contributed by atoms with Crippen LogP contribution >= 0.6 is 0 Å². The maximum atomic E-state index is 8.88. The number of nitriles is 1. The van der Waals surface area contributed by atoms with Gasteiger partial charge in [0, 0.05) is 12.3 Å². The minimum atomic E-state index is 0.348. The first-order valence-electron chi connectivity index (χ1n) is 5.83. The first kappa shape index (κ1) is 11.0. The van der Waals surface area contributed by atoms with E-state index in [1.165, 1.54) is 16.7 Å². The van der Waals surface area contributed by atoms with E-state index < -0.39 is 0 Å². The molecular weight excluding hydrogens is 198 g/mol. The van der Waals surface area contributed by atoms with Crippen LogP contribution < -0.4 is 4.74 Å². The van der Waals surface area contributed by atoms with E-state index in [1.54, 1.807) is 0 Å². The van der Waals surface area contributed by atoms with E-state index >= 15 is 0 Å². The van der Waals surface area contributed by atoms with Crippen molar-refractivity contribution < 1.29 is 4.74 Å². The van der Waals surface area contributed by atoms with Crippen molar-refractivity contribution in [3.63, 3.8) is 0 Å². The van der Waals surface area contributed by atoms with Crippen LogP contribution in [0.5, 0.6) is 5.75 Å². The molecule has 0 aliphatic carbocycles. The average molecular weight is 215 g/mol. The predicted molar refractivity (Wildman–Crippen MR) is 63.6 cm³/mol. The van der Waals surface area contributed by atoms with Gasteiger partial charge in [0.2, 0.25) is 0 Å². The summed E-state index contributed by atoms with van der Waals surface area (Å²) in [5, 5.41) is 8.88. The summed E-state index contributed by atoms with van der Waals surface area (Å²) in [4.78, 5) is 0. The Morgan fingerprint density at radius 3 is 3.00 bits per heavy atom. The van der Waals surface area contributed by atoms with E-state index in [0.717, 1.165) is 25.2 Å². The van der Waals surface area contributed by atoms with Gasteiger partial charge in [-0.2, -0.15) is 5.26 Å². The molecule has 84 valence electrons. The van der Waals surface area contributed by atoms with Crippen LogP contribution in [0.15, 0.2) is 12.1 Å². The summed E-state index contributed by atoms with van der Waals surface area (Å²) in [5.41, 5.74) is 3.68. The summed E-state index contributed by atoms with van der Waals surface area (Å²) in [6.45, 7) is 4.96. The lowest BCUT2D eigenvalue weighted by atomic mass is 9.89. The van der Waals surface area contributed by atoms with Gasteiger partial charge >= 0.3 is 0 Å². The summed E-state index contributed by atoms with van der Waals surface area (Å²) < 4.78 is 5.80. The molecule has 0 saturated heterocycles. The van der Waals surface area contributed by atoms with Gasteiger partial charge in [0.05, 0.1) is 12.7 Å². The molecular formula is C14H17NO. The topological polar surface area (TPSA) is 33.0 Å². The molecule has 1 atom stereocenters. The Balaban J connectivity index is 2.48. The molecule has 1 aromatic rings. The quantitative estimate of drug-likeness (QED) is 0.718. The Morgan fingerprint density at radius 1 is 1.44 bits per heavy atom. The Hall–Kier alpha value is -1.49. The standard InChI is InChI=1S/C14H17NO/c1-10-8-11(2)14-13(9-10)12(5-6-15)4-3-7-16-14/h8-9,12H,3-5,7H2,1-2H3. The van der Waals surface area contributed by atoms with E-state index in [0.29, 0.717) is 12.3 Å². The lowest BCUT2D eigenvalue weighted by Crippen LogP contribution is -2.00. The number of benzene rings is 1. The van der Waals surface area contributed by atoms with E-state index in [1.807, 2.05) is 0 Å². The molecule has 0 saturated carbocycles. The molecule has 0 bridgehead atoms. The number of ether oxygens (including phenoxy) is 1. The van der Waals surface area contributed by atoms with E-state index in [4.69, 9.17) is 10.00 Å². The first-order valence-corrected chi connectivity index (χ1v) is 5.83. The smallest absolute Gasteiger partial charge is 0.125 e. The van der Waals surface area contributed by atoms with Gasteiger partial charge in [0.25, 0.3) is 0 Å². The minimum Gasteiger partial charge on any atom is -0.493 e. The number of aryl methyl sites for hydroxylation is 2. The highest BCUT2D eigenvalue weighted by molar-refractivity contribution is 5.46. The highest BCUT2D eigenvalue weighted by Gasteiger charge is 2.21. The Labute approximate surface area is 96.9 Å². The van der Waals surface area contributed by atoms with Crippen molar-refractivity contribution in [2.24, 2.45) is 0 Å². The predicted octanol–water partition coefficient (Wildman–Crippen LogP) is 3.47. The molecule has 0 spiro atoms. The maximum Gasteiger partial charge on any atom is 0.125 e. The van der Waals surface area contributed by atoms with Crippen molar-refractivity contribution in [2.75, 3.05) is 6.61 Å². The number of rotatable bonds is 1. The van der Waals surface area contributed by atoms with E-state index in [2.05, 4.69) is 32.0 Å². The lowest BCUT2D eigenvalue weighted by molar-refractivity contribution is 0.314. The molecule has 1 heterocycles. The molecule has 0 amide bonds. The van der Waals surface area contributed by atoms with Crippen LogP contribution in [0.2, 0.25) is 0 Å². The second kappa shape index (κ2) is 4.57. The summed E-state index contributed by atoms with van der Waals surface area (Å²) in [6, 6.07) is 6.61. The molecule has 16 heavy (non-hydrogen) atoms. The van der Waals surface area contributed by atoms with Crippen molar-refractivity contribution in [2.45, 2.75) is 39.0 Å². The van der Waals surface area contributed by atoms with Gasteiger partial charge in [-0.3, -0.25) is 0 Å². The van der Waals surface area contributed by atoms with Gasteiger partial charge in [0.15, 0.2) is 0 Å². The van der Waals surface area contributed by atoms with Crippen LogP contribution in [-0.2, 0) is 0 Å². The molecule has 0 radical (unpaired) electrons. The van der Waals surface area contributed by atoms with Gasteiger partial charge in [-0.25, -0.2) is 0 Å². The number of hydrogen-bond donors (Lipinski definition) is 0. The SMILES string of the molecule is Cc1cc(C)c2c(c1)C(CC#N)CCCO2. The maximum absolute atomic E-state index is 8.88. The fourth-order valence-corrected chi connectivity index (χ4v) is 2.47. The monoisotopic (exact) mass is 215 g/mol. The Bertz CT molecular complexity index is 431. The summed E-state index contributed by atoms with van der Waals surface area (Å²) in [7, 11) is 0. The van der Waals surface area contributed by atoms with Gasteiger partial charge < -0.3 is 4.74 Å². The van der Waals surface area contributed by atoms with Gasteiger partial charge in [-0.15, -0.1) is 0 Å². The highest BCUT2D eigenvalue weighted by atomic mass is 16.5. The van der Waals surface area contributed by atoms with Gasteiger partial charge in [0.1, 0.15) is 5.75 Å². The normalized spacial score (nSPS) is 19.2. The molecule has 0 aromatic heterocycles. The highest BCUT2D eigenvalue weighted by Crippen LogP contribution is 2.37. The van der Waals surface area contributed by atoms with Crippen LogP contribution in [0.1, 0.15) is 41.9 Å². The van der Waals surface area contributed by atoms with Crippen molar-refractivity contribution in [3.05, 3.63) is 28.8 Å². The third-order valence-electron chi connectivity index (χ3n) is 3.17. The molecule has 2 nitrogen and oxygen atoms in total. The number of fused-ring (bicyclic) bond motifs is 1. The fourth-order valence-electron chi connectivity index (χ4n) is 2.47. The van der Waals surface area contributed by atoms with E-state index in [9.17, 15) is 0 Å². The third-order valence-corrected chi connectivity index (χ3v) is 3.17. The second-order valence-corrected chi connectivity index (χ2v) is 4.55. The third kappa shape index (κ3) is 2.04. The zero-order valence-electron chi connectivity index (χ0n) is 9.92. The molecule has 0 fully saturated rings. The van der Waals surface area contributed by atoms with Crippen molar-refractivity contribution in [1.29, 1.82) is 5.26 Å². The molecule has 2 rings (SSSR count). The first-order chi connectivity index (χ1) is 7.72. The van der Waals surface area contributed by atoms with E-state index in [-0.39, 0.29) is 0 Å². The zero-order valence-corrected chi connectivity index (χ0v) is 9.92. The number of hydrogen-bond acceptors (Lipinski definition) is 2. The molecule has 1 aliphatic rings. The van der Waals surface area contributed by atoms with Crippen LogP contribution in [0, 0.1) is 25.2 Å². The Morgan fingerprint density at radius 2 is 2.25 bits per heavy atom. The van der Waals surface area contributed by atoms with Crippen LogP contribution in [-0.4, -0.2) is 6.61 Å². The summed E-state index contributed by atoms with van der Waals surface area (Å²) >= 11 is 0. The zero-order chi connectivity index (χ0) is 11.5. The van der Waals surface area contributed by atoms with Crippen molar-refractivity contribution in [1.82, 2.24) is 0 Å². The lowest BCUT2D eigenvalue weighted by Gasteiger charge is -2.16. The minimum absolute atomic E-state index is 0.348. The van der Waals surface area contributed by atoms with Gasteiger partial charge in [-0.1, -0.05) is 17.7 Å². The average Bonchev–Trinajstić information content (AvgIpc) is 2.42. The molecule has 1 aromatic carbocycles. The van der Waals surface area contributed by atoms with Crippen LogP contribution in [0.4, 0.5) is 0 Å². The number of nitrogens with zero attached hydrogens (tertiary/aromatic N) is 1. The van der Waals surface area contributed by atoms with Crippen LogP contribution in [0.3, 0.4) is 0 Å².